The number of benzene rings is 2. The summed E-state index contributed by atoms with van der Waals surface area (Å²) in [7, 11) is 0. The minimum Gasteiger partial charge on any atom is -0.550 e. The van der Waals surface area contributed by atoms with Crippen LogP contribution in [0.2, 0.25) is 0 Å². The maximum absolute atomic E-state index is 12.8. The predicted octanol–water partition coefficient (Wildman–Crippen LogP) is 2.32. The number of halogens is 1. The summed E-state index contributed by atoms with van der Waals surface area (Å²) in [6.07, 6.45) is -0.213. The van der Waals surface area contributed by atoms with Gasteiger partial charge in [0.2, 0.25) is 5.91 Å². The van der Waals surface area contributed by atoms with E-state index < -0.39 is 23.6 Å². The van der Waals surface area contributed by atoms with Crippen LogP contribution in [0, 0.1) is 11.7 Å². The van der Waals surface area contributed by atoms with Crippen LogP contribution in [-0.4, -0.2) is 11.9 Å². The van der Waals surface area contributed by atoms with Gasteiger partial charge in [-0.25, -0.2) is 4.39 Å². The highest BCUT2D eigenvalue weighted by Crippen LogP contribution is 2.26. The van der Waals surface area contributed by atoms with E-state index in [-0.39, 0.29) is 12.3 Å². The average Bonchev–Trinajstić information content (AvgIpc) is 2.55. The molecular weight excluding hydrogens is 297 g/mol. The Bertz CT molecular complexity index is 670. The van der Waals surface area contributed by atoms with Gasteiger partial charge in [-0.2, -0.15) is 0 Å². The Hall–Kier alpha value is -2.69. The van der Waals surface area contributed by atoms with Gasteiger partial charge in [0.05, 0.1) is 0 Å². The van der Waals surface area contributed by atoms with Crippen LogP contribution in [0.25, 0.3) is 0 Å². The van der Waals surface area contributed by atoms with E-state index in [4.69, 9.17) is 0 Å². The quantitative estimate of drug-likeness (QED) is 0.889. The minimum absolute atomic E-state index is 0.213. The fraction of sp³-hybridized carbons (Fsp3) is 0.222. The molecule has 0 saturated carbocycles. The van der Waals surface area contributed by atoms with Gasteiger partial charge in [-0.1, -0.05) is 37.3 Å². The maximum Gasteiger partial charge on any atom is 0.225 e. The zero-order chi connectivity index (χ0) is 16.8. The number of hydrogen-bond acceptors (Lipinski definition) is 3. The van der Waals surface area contributed by atoms with Crippen LogP contribution in [-0.2, 0) is 9.59 Å². The summed E-state index contributed by atoms with van der Waals surface area (Å²) in [6.45, 7) is 1.75. The number of nitrogens with one attached hydrogen (secondary N) is 1. The Kier molecular flexibility index (Phi) is 5.46. The first-order valence-electron chi connectivity index (χ1n) is 7.28. The van der Waals surface area contributed by atoms with Gasteiger partial charge in [0.25, 0.3) is 0 Å². The second-order valence-corrected chi connectivity index (χ2v) is 5.38. The molecule has 0 saturated heterocycles. The number of amides is 1. The summed E-state index contributed by atoms with van der Waals surface area (Å²) in [5, 5.41) is 14.0. The lowest BCUT2D eigenvalue weighted by molar-refractivity contribution is -0.312. The first-order chi connectivity index (χ1) is 11.0. The number of carboxylic acids is 1. The molecule has 2 atom stereocenters. The third-order valence-electron chi connectivity index (χ3n) is 3.76. The van der Waals surface area contributed by atoms with Gasteiger partial charge in [0.1, 0.15) is 5.82 Å². The van der Waals surface area contributed by atoms with Crippen molar-refractivity contribution in [3.05, 3.63) is 66.0 Å². The summed E-state index contributed by atoms with van der Waals surface area (Å²) in [5.41, 5.74) is 1.25. The molecule has 23 heavy (non-hydrogen) atoms. The summed E-state index contributed by atoms with van der Waals surface area (Å²) in [6, 6.07) is 14.4. The highest BCUT2D eigenvalue weighted by Gasteiger charge is 2.23. The average molecular weight is 314 g/mol. The van der Waals surface area contributed by atoms with Gasteiger partial charge in [0.15, 0.2) is 0 Å². The molecule has 0 radical (unpaired) electrons. The molecule has 1 N–H and O–H groups in total. The Balaban J connectivity index is 2.05. The Labute approximate surface area is 134 Å². The van der Waals surface area contributed by atoms with Crippen molar-refractivity contribution in [3.63, 3.8) is 0 Å². The van der Waals surface area contributed by atoms with Gasteiger partial charge in [-0.15, -0.1) is 0 Å². The third-order valence-corrected chi connectivity index (χ3v) is 3.76. The van der Waals surface area contributed by atoms with E-state index in [0.717, 1.165) is 5.56 Å². The normalized spacial score (nSPS) is 13.1. The highest BCUT2D eigenvalue weighted by molar-refractivity contribution is 5.93. The number of aliphatic carboxylic acids is 1. The van der Waals surface area contributed by atoms with Crippen molar-refractivity contribution in [1.82, 2.24) is 0 Å². The number of carbonyl (C=O) groups is 2. The SMILES string of the molecule is C[C@H](c1ccccc1)[C@H](CC(=O)Nc1ccc(F)cc1)C(=O)[O-]. The van der Waals surface area contributed by atoms with Gasteiger partial charge in [-0.3, -0.25) is 4.79 Å². The van der Waals surface area contributed by atoms with E-state index in [0.29, 0.717) is 5.69 Å². The predicted molar refractivity (Wildman–Crippen MR) is 83.0 cm³/mol. The third kappa shape index (κ3) is 4.64. The summed E-state index contributed by atoms with van der Waals surface area (Å²) in [4.78, 5) is 23.5. The molecule has 0 bridgehead atoms. The smallest absolute Gasteiger partial charge is 0.225 e. The van der Waals surface area contributed by atoms with E-state index in [9.17, 15) is 19.1 Å². The molecule has 0 aliphatic rings. The first kappa shape index (κ1) is 16.7. The number of carbonyl (C=O) groups excluding carboxylic acids is 2. The summed E-state index contributed by atoms with van der Waals surface area (Å²) < 4.78 is 12.8. The monoisotopic (exact) mass is 314 g/mol. The molecule has 0 spiro atoms. The van der Waals surface area contributed by atoms with Crippen molar-refractivity contribution < 1.29 is 19.1 Å². The van der Waals surface area contributed by atoms with Crippen molar-refractivity contribution in [2.24, 2.45) is 5.92 Å². The highest BCUT2D eigenvalue weighted by atomic mass is 19.1. The second kappa shape index (κ2) is 7.54. The molecular formula is C18H17FNO3-. The van der Waals surface area contributed by atoms with Gasteiger partial charge in [-0.05, 0) is 35.7 Å². The van der Waals surface area contributed by atoms with Crippen LogP contribution in [0.15, 0.2) is 54.6 Å². The fourth-order valence-electron chi connectivity index (χ4n) is 2.40. The lowest BCUT2D eigenvalue weighted by atomic mass is 9.85. The number of rotatable bonds is 6. The maximum atomic E-state index is 12.8. The zero-order valence-corrected chi connectivity index (χ0v) is 12.7. The van der Waals surface area contributed by atoms with Crippen LogP contribution >= 0.6 is 0 Å². The zero-order valence-electron chi connectivity index (χ0n) is 12.7. The Morgan fingerprint density at radius 2 is 1.70 bits per heavy atom. The fourth-order valence-corrected chi connectivity index (χ4v) is 2.40. The van der Waals surface area contributed by atoms with Crippen molar-refractivity contribution in [3.8, 4) is 0 Å². The summed E-state index contributed by atoms with van der Waals surface area (Å²) >= 11 is 0. The molecule has 120 valence electrons. The molecule has 0 aromatic heterocycles. The van der Waals surface area contributed by atoms with Crippen molar-refractivity contribution in [1.29, 1.82) is 0 Å². The van der Waals surface area contributed by atoms with Crippen molar-refractivity contribution in [2.75, 3.05) is 5.32 Å². The summed E-state index contributed by atoms with van der Waals surface area (Å²) in [5.74, 6) is -3.43. The van der Waals surface area contributed by atoms with Gasteiger partial charge >= 0.3 is 0 Å². The second-order valence-electron chi connectivity index (χ2n) is 5.38. The molecule has 0 heterocycles. The van der Waals surface area contributed by atoms with Gasteiger partial charge in [0, 0.05) is 24.0 Å². The van der Waals surface area contributed by atoms with Crippen LogP contribution in [0.4, 0.5) is 10.1 Å². The Morgan fingerprint density at radius 1 is 1.09 bits per heavy atom. The standard InChI is InChI=1S/C18H18FNO3/c1-12(13-5-3-2-4-6-13)16(18(22)23)11-17(21)20-15-9-7-14(19)8-10-15/h2-10,12,16H,11H2,1H3,(H,20,21)(H,22,23)/p-1/t12-,16+/m1/s1. The number of carboxylic acid groups (broad SMARTS) is 1. The number of anilines is 1. The van der Waals surface area contributed by atoms with Crippen LogP contribution in [0.5, 0.6) is 0 Å². The molecule has 2 rings (SSSR count). The van der Waals surface area contributed by atoms with Gasteiger partial charge < -0.3 is 15.2 Å². The van der Waals surface area contributed by atoms with Crippen LogP contribution in [0.1, 0.15) is 24.8 Å². The molecule has 1 amide bonds. The van der Waals surface area contributed by atoms with Crippen molar-refractivity contribution in [2.45, 2.75) is 19.3 Å². The van der Waals surface area contributed by atoms with Crippen LogP contribution < -0.4 is 10.4 Å². The largest absolute Gasteiger partial charge is 0.550 e. The van der Waals surface area contributed by atoms with E-state index in [1.54, 1.807) is 6.92 Å². The van der Waals surface area contributed by atoms with E-state index in [2.05, 4.69) is 5.32 Å². The van der Waals surface area contributed by atoms with E-state index >= 15 is 0 Å². The lowest BCUT2D eigenvalue weighted by Crippen LogP contribution is -2.36. The molecule has 0 unspecified atom stereocenters. The van der Waals surface area contributed by atoms with E-state index in [1.807, 2.05) is 30.3 Å². The molecule has 2 aromatic rings. The Morgan fingerprint density at radius 3 is 2.26 bits per heavy atom. The first-order valence-corrected chi connectivity index (χ1v) is 7.28. The molecule has 0 fully saturated rings. The van der Waals surface area contributed by atoms with Crippen molar-refractivity contribution >= 4 is 17.6 Å². The minimum atomic E-state index is -1.27. The van der Waals surface area contributed by atoms with E-state index in [1.165, 1.54) is 24.3 Å². The molecule has 0 aliphatic heterocycles. The lowest BCUT2D eigenvalue weighted by Gasteiger charge is -2.25. The molecule has 2 aromatic carbocycles. The molecule has 0 aliphatic carbocycles. The molecule has 4 nitrogen and oxygen atoms in total. The number of hydrogen-bond donors (Lipinski definition) is 1. The molecule has 5 heteroatoms. The van der Waals surface area contributed by atoms with Crippen LogP contribution in [0.3, 0.4) is 0 Å². The topological polar surface area (TPSA) is 69.2 Å².